The highest BCUT2D eigenvalue weighted by Gasteiger charge is 2.26. The standard InChI is InChI=1S/C15H19ClN2O2S/c1-2-11-4-3-5-13(8-11)18-21(19,20)14-7-6-12(10-17)15(16)9-14/h6-7,9,11,13,18H,2-5,8H2,1H3. The van der Waals surface area contributed by atoms with E-state index in [1.54, 1.807) is 0 Å². The van der Waals surface area contributed by atoms with Crippen molar-refractivity contribution in [2.24, 2.45) is 5.92 Å². The SMILES string of the molecule is CCC1CCCC(NS(=O)(=O)c2ccc(C#N)c(Cl)c2)C1. The molecule has 0 spiro atoms. The van der Waals surface area contributed by atoms with Gasteiger partial charge in [-0.15, -0.1) is 0 Å². The summed E-state index contributed by atoms with van der Waals surface area (Å²) in [4.78, 5) is 0.116. The second kappa shape index (κ2) is 6.78. The monoisotopic (exact) mass is 326 g/mol. The first-order valence-corrected chi connectivity index (χ1v) is 9.04. The Kier molecular flexibility index (Phi) is 5.26. The normalized spacial score (nSPS) is 22.7. The van der Waals surface area contributed by atoms with Gasteiger partial charge in [0.15, 0.2) is 0 Å². The van der Waals surface area contributed by atoms with Gasteiger partial charge in [-0.3, -0.25) is 0 Å². The first-order chi connectivity index (χ1) is 9.96. The lowest BCUT2D eigenvalue weighted by Crippen LogP contribution is -2.38. The van der Waals surface area contributed by atoms with Crippen molar-refractivity contribution < 1.29 is 8.42 Å². The second-order valence-corrected chi connectivity index (χ2v) is 7.63. The zero-order valence-corrected chi connectivity index (χ0v) is 13.5. The molecule has 1 aromatic carbocycles. The lowest BCUT2D eigenvalue weighted by atomic mass is 9.85. The van der Waals surface area contributed by atoms with Gasteiger partial charge in [-0.05, 0) is 37.0 Å². The smallest absolute Gasteiger partial charge is 0.208 e. The summed E-state index contributed by atoms with van der Waals surface area (Å²) in [5.41, 5.74) is 0.277. The van der Waals surface area contributed by atoms with Gasteiger partial charge in [0.25, 0.3) is 0 Å². The van der Waals surface area contributed by atoms with E-state index in [1.165, 1.54) is 24.6 Å². The highest BCUT2D eigenvalue weighted by Crippen LogP contribution is 2.28. The predicted molar refractivity (Wildman–Crippen MR) is 82.5 cm³/mol. The van der Waals surface area contributed by atoms with Crippen molar-refractivity contribution in [2.75, 3.05) is 0 Å². The van der Waals surface area contributed by atoms with Crippen LogP contribution < -0.4 is 4.72 Å². The molecule has 0 radical (unpaired) electrons. The summed E-state index contributed by atoms with van der Waals surface area (Å²) >= 11 is 5.91. The summed E-state index contributed by atoms with van der Waals surface area (Å²) in [5, 5.41) is 8.99. The largest absolute Gasteiger partial charge is 0.240 e. The van der Waals surface area contributed by atoms with E-state index < -0.39 is 10.0 Å². The molecule has 21 heavy (non-hydrogen) atoms. The zero-order chi connectivity index (χ0) is 15.5. The zero-order valence-electron chi connectivity index (χ0n) is 12.0. The molecule has 1 saturated carbocycles. The summed E-state index contributed by atoms with van der Waals surface area (Å²) in [6, 6.07) is 6.11. The highest BCUT2D eigenvalue weighted by molar-refractivity contribution is 7.89. The number of hydrogen-bond acceptors (Lipinski definition) is 3. The van der Waals surface area contributed by atoms with Crippen LogP contribution >= 0.6 is 11.6 Å². The second-order valence-electron chi connectivity index (χ2n) is 5.51. The first kappa shape index (κ1) is 16.3. The fourth-order valence-corrected chi connectivity index (χ4v) is 4.41. The molecular weight excluding hydrogens is 308 g/mol. The van der Waals surface area contributed by atoms with Gasteiger partial charge in [0.2, 0.25) is 10.0 Å². The molecule has 1 aromatic rings. The van der Waals surface area contributed by atoms with E-state index in [4.69, 9.17) is 16.9 Å². The topological polar surface area (TPSA) is 70.0 Å². The van der Waals surface area contributed by atoms with Crippen molar-refractivity contribution in [1.82, 2.24) is 4.72 Å². The Labute approximate surface area is 131 Å². The van der Waals surface area contributed by atoms with Crippen LogP contribution in [-0.2, 0) is 10.0 Å². The molecule has 1 fully saturated rings. The van der Waals surface area contributed by atoms with Gasteiger partial charge in [-0.25, -0.2) is 13.1 Å². The fraction of sp³-hybridized carbons (Fsp3) is 0.533. The summed E-state index contributed by atoms with van der Waals surface area (Å²) < 4.78 is 27.6. The summed E-state index contributed by atoms with van der Waals surface area (Å²) in [5.74, 6) is 0.594. The number of benzene rings is 1. The quantitative estimate of drug-likeness (QED) is 0.921. The molecule has 0 aromatic heterocycles. The summed E-state index contributed by atoms with van der Waals surface area (Å²) in [6.07, 6.45) is 5.08. The van der Waals surface area contributed by atoms with Crippen LogP contribution in [0.5, 0.6) is 0 Å². The maximum atomic E-state index is 12.4. The minimum Gasteiger partial charge on any atom is -0.208 e. The third-order valence-electron chi connectivity index (χ3n) is 4.05. The highest BCUT2D eigenvalue weighted by atomic mass is 35.5. The van der Waals surface area contributed by atoms with Crippen LogP contribution in [0.2, 0.25) is 5.02 Å². The molecule has 2 atom stereocenters. The molecule has 0 amide bonds. The molecule has 0 aliphatic heterocycles. The van der Waals surface area contributed by atoms with Gasteiger partial charge >= 0.3 is 0 Å². The Bertz CT molecular complexity index is 652. The number of halogens is 1. The van der Waals surface area contributed by atoms with Gasteiger partial charge in [-0.2, -0.15) is 5.26 Å². The van der Waals surface area contributed by atoms with Crippen LogP contribution in [0.3, 0.4) is 0 Å². The molecular formula is C15H19ClN2O2S. The number of nitrogens with zero attached hydrogens (tertiary/aromatic N) is 1. The Hall–Kier alpha value is -1.09. The minimum atomic E-state index is -3.58. The average Bonchev–Trinajstić information content (AvgIpc) is 2.47. The summed E-state index contributed by atoms with van der Waals surface area (Å²) in [7, 11) is -3.58. The van der Waals surface area contributed by atoms with E-state index in [0.717, 1.165) is 25.7 Å². The van der Waals surface area contributed by atoms with Crippen molar-refractivity contribution in [1.29, 1.82) is 5.26 Å². The van der Waals surface area contributed by atoms with Crippen LogP contribution in [0.15, 0.2) is 23.1 Å². The maximum Gasteiger partial charge on any atom is 0.240 e. The lowest BCUT2D eigenvalue weighted by molar-refractivity contribution is 0.301. The Morgan fingerprint density at radius 2 is 2.19 bits per heavy atom. The molecule has 2 unspecified atom stereocenters. The number of nitrogens with one attached hydrogen (secondary N) is 1. The van der Waals surface area contributed by atoms with Gasteiger partial charge < -0.3 is 0 Å². The fourth-order valence-electron chi connectivity index (χ4n) is 2.81. The molecule has 4 nitrogen and oxygen atoms in total. The van der Waals surface area contributed by atoms with Gasteiger partial charge in [0, 0.05) is 6.04 Å². The summed E-state index contributed by atoms with van der Waals surface area (Å²) in [6.45, 7) is 2.14. The van der Waals surface area contributed by atoms with Crippen molar-refractivity contribution in [3.8, 4) is 6.07 Å². The first-order valence-electron chi connectivity index (χ1n) is 7.18. The van der Waals surface area contributed by atoms with Crippen LogP contribution in [0.1, 0.15) is 44.6 Å². The van der Waals surface area contributed by atoms with Crippen molar-refractivity contribution >= 4 is 21.6 Å². The molecule has 1 aliphatic carbocycles. The molecule has 6 heteroatoms. The Morgan fingerprint density at radius 1 is 1.43 bits per heavy atom. The van der Waals surface area contributed by atoms with E-state index in [9.17, 15) is 8.42 Å². The van der Waals surface area contributed by atoms with E-state index in [1.807, 2.05) is 6.07 Å². The average molecular weight is 327 g/mol. The molecule has 2 rings (SSSR count). The Balaban J connectivity index is 2.15. The molecule has 1 aliphatic rings. The molecule has 0 heterocycles. The molecule has 1 N–H and O–H groups in total. The Morgan fingerprint density at radius 3 is 2.81 bits per heavy atom. The minimum absolute atomic E-state index is 0.0110. The third-order valence-corrected chi connectivity index (χ3v) is 5.88. The molecule has 0 bridgehead atoms. The van der Waals surface area contributed by atoms with Gasteiger partial charge in [0.05, 0.1) is 15.5 Å². The van der Waals surface area contributed by atoms with E-state index >= 15 is 0 Å². The van der Waals surface area contributed by atoms with Crippen LogP contribution in [0.25, 0.3) is 0 Å². The predicted octanol–water partition coefficient (Wildman–Crippen LogP) is 3.46. The van der Waals surface area contributed by atoms with Crippen molar-refractivity contribution in [3.05, 3.63) is 28.8 Å². The molecule has 0 saturated heterocycles. The molecule has 114 valence electrons. The van der Waals surface area contributed by atoms with Gasteiger partial charge in [-0.1, -0.05) is 37.8 Å². The lowest BCUT2D eigenvalue weighted by Gasteiger charge is -2.28. The number of nitriles is 1. The van der Waals surface area contributed by atoms with E-state index in [0.29, 0.717) is 5.92 Å². The third kappa shape index (κ3) is 3.97. The van der Waals surface area contributed by atoms with E-state index in [2.05, 4.69) is 11.6 Å². The maximum absolute atomic E-state index is 12.4. The van der Waals surface area contributed by atoms with Crippen LogP contribution in [-0.4, -0.2) is 14.5 Å². The number of sulfonamides is 1. The van der Waals surface area contributed by atoms with E-state index in [-0.39, 0.29) is 21.5 Å². The number of rotatable bonds is 4. The van der Waals surface area contributed by atoms with Crippen molar-refractivity contribution in [2.45, 2.75) is 50.0 Å². The van der Waals surface area contributed by atoms with Crippen molar-refractivity contribution in [3.63, 3.8) is 0 Å². The van der Waals surface area contributed by atoms with Gasteiger partial charge in [0.1, 0.15) is 6.07 Å². The van der Waals surface area contributed by atoms with Crippen LogP contribution in [0, 0.1) is 17.2 Å². The number of hydrogen-bond donors (Lipinski definition) is 1. The van der Waals surface area contributed by atoms with Crippen LogP contribution in [0.4, 0.5) is 0 Å².